The second-order valence-corrected chi connectivity index (χ2v) is 10.9. The molecule has 0 atom stereocenters. The summed E-state index contributed by atoms with van der Waals surface area (Å²) in [6, 6.07) is 9.79. The number of benzene rings is 2. The molecule has 2 aromatic rings. The molecule has 0 radical (unpaired) electrons. The first-order chi connectivity index (χ1) is 15.7. The minimum Gasteiger partial charge on any atom is -0.454 e. The Morgan fingerprint density at radius 3 is 2.55 bits per heavy atom. The maximum Gasteiger partial charge on any atom is 0.244 e. The van der Waals surface area contributed by atoms with Gasteiger partial charge in [-0.25, -0.2) is 8.42 Å². The quantitative estimate of drug-likeness (QED) is 0.718. The van der Waals surface area contributed by atoms with E-state index in [0.717, 1.165) is 12.8 Å². The number of hydrogen-bond acceptors (Lipinski definition) is 6. The van der Waals surface area contributed by atoms with Crippen LogP contribution in [0.1, 0.15) is 32.3 Å². The van der Waals surface area contributed by atoms with Crippen molar-refractivity contribution in [1.82, 2.24) is 4.31 Å². The smallest absolute Gasteiger partial charge is 0.244 e. The van der Waals surface area contributed by atoms with Crippen molar-refractivity contribution in [2.45, 2.75) is 37.0 Å². The van der Waals surface area contributed by atoms with E-state index in [2.05, 4.69) is 5.32 Å². The highest BCUT2D eigenvalue weighted by Gasteiger charge is 2.45. The number of carbonyl (C=O) groups is 2. The van der Waals surface area contributed by atoms with E-state index < -0.39 is 15.4 Å². The molecular formula is C23H25N3O6S. The van der Waals surface area contributed by atoms with Gasteiger partial charge in [-0.15, -0.1) is 0 Å². The number of hydrogen-bond donors (Lipinski definition) is 1. The Hall–Kier alpha value is -3.11. The molecule has 33 heavy (non-hydrogen) atoms. The van der Waals surface area contributed by atoms with Crippen LogP contribution < -0.4 is 19.7 Å². The van der Waals surface area contributed by atoms with Crippen molar-refractivity contribution in [3.63, 3.8) is 0 Å². The summed E-state index contributed by atoms with van der Waals surface area (Å²) in [5.41, 5.74) is 0.725. The maximum atomic E-state index is 13.2. The largest absolute Gasteiger partial charge is 0.454 e. The Labute approximate surface area is 192 Å². The molecule has 0 bridgehead atoms. The molecule has 2 amide bonds. The summed E-state index contributed by atoms with van der Waals surface area (Å²) in [5, 5.41) is 2.78. The van der Waals surface area contributed by atoms with Gasteiger partial charge in [0, 0.05) is 30.5 Å². The van der Waals surface area contributed by atoms with Crippen LogP contribution in [0.25, 0.3) is 0 Å². The van der Waals surface area contributed by atoms with Crippen LogP contribution in [0.3, 0.4) is 0 Å². The van der Waals surface area contributed by atoms with Crippen LogP contribution in [0.5, 0.6) is 11.5 Å². The molecule has 3 heterocycles. The third-order valence-corrected chi connectivity index (χ3v) is 8.27. The summed E-state index contributed by atoms with van der Waals surface area (Å²) in [6.07, 6.45) is 1.70. The zero-order valence-electron chi connectivity index (χ0n) is 18.5. The van der Waals surface area contributed by atoms with Gasteiger partial charge in [0.15, 0.2) is 11.5 Å². The number of rotatable bonds is 5. The van der Waals surface area contributed by atoms with Gasteiger partial charge in [0.05, 0.1) is 10.3 Å². The van der Waals surface area contributed by atoms with Crippen molar-refractivity contribution in [2.24, 2.45) is 0 Å². The number of carbonyl (C=O) groups excluding carboxylic acids is 2. The molecule has 1 saturated heterocycles. The molecule has 3 aliphatic rings. The Morgan fingerprint density at radius 2 is 1.79 bits per heavy atom. The van der Waals surface area contributed by atoms with Crippen LogP contribution >= 0.6 is 0 Å². The number of nitrogens with zero attached hydrogens (tertiary/aromatic N) is 2. The summed E-state index contributed by atoms with van der Waals surface area (Å²) >= 11 is 0. The van der Waals surface area contributed by atoms with Crippen LogP contribution in [0.15, 0.2) is 41.3 Å². The summed E-state index contributed by atoms with van der Waals surface area (Å²) in [7, 11) is -3.61. The molecular weight excluding hydrogens is 446 g/mol. The van der Waals surface area contributed by atoms with E-state index in [9.17, 15) is 18.0 Å². The molecule has 174 valence electrons. The fourth-order valence-electron chi connectivity index (χ4n) is 4.53. The first-order valence-corrected chi connectivity index (χ1v) is 12.3. The predicted molar refractivity (Wildman–Crippen MR) is 121 cm³/mol. The molecule has 0 aromatic heterocycles. The summed E-state index contributed by atoms with van der Waals surface area (Å²) < 4.78 is 38.1. The average molecular weight is 472 g/mol. The van der Waals surface area contributed by atoms with E-state index in [-0.39, 0.29) is 30.0 Å². The monoisotopic (exact) mass is 471 g/mol. The fourth-order valence-corrected chi connectivity index (χ4v) is 6.07. The average Bonchev–Trinajstić information content (AvgIpc) is 3.51. The van der Waals surface area contributed by atoms with E-state index in [1.165, 1.54) is 15.3 Å². The van der Waals surface area contributed by atoms with Crippen molar-refractivity contribution in [3.05, 3.63) is 42.0 Å². The van der Waals surface area contributed by atoms with E-state index >= 15 is 0 Å². The van der Waals surface area contributed by atoms with Gasteiger partial charge in [-0.3, -0.25) is 9.59 Å². The van der Waals surface area contributed by atoms with Crippen molar-refractivity contribution >= 4 is 33.2 Å². The SMILES string of the molecule is CC1(C)C(=O)N(CC(=O)Nc2ccc3c(c2)OCO3)c2ccc(S(=O)(=O)N3CCCC3)cc21. The summed E-state index contributed by atoms with van der Waals surface area (Å²) in [5.74, 6) is 0.523. The van der Waals surface area contributed by atoms with Crippen LogP contribution in [-0.4, -0.2) is 51.0 Å². The molecule has 0 aliphatic carbocycles. The minimum atomic E-state index is -3.61. The van der Waals surface area contributed by atoms with Gasteiger partial charge >= 0.3 is 0 Å². The van der Waals surface area contributed by atoms with Gasteiger partial charge < -0.3 is 19.7 Å². The minimum absolute atomic E-state index is 0.135. The lowest BCUT2D eigenvalue weighted by Gasteiger charge is -2.20. The molecule has 2 aromatic carbocycles. The fraction of sp³-hybridized carbons (Fsp3) is 0.391. The van der Waals surface area contributed by atoms with Gasteiger partial charge in [-0.2, -0.15) is 4.31 Å². The standard InChI is InChI=1S/C23H25N3O6S/c1-23(2)17-12-16(33(29,30)25-9-3-4-10-25)6-7-18(17)26(22(23)28)13-21(27)24-15-5-8-19-20(11-15)32-14-31-19/h5-8,11-12H,3-4,9-10,13-14H2,1-2H3,(H,24,27). The van der Waals surface area contributed by atoms with Crippen LogP contribution in [0, 0.1) is 0 Å². The van der Waals surface area contributed by atoms with Crippen molar-refractivity contribution in [1.29, 1.82) is 0 Å². The lowest BCUT2D eigenvalue weighted by Crippen LogP contribution is -2.40. The molecule has 0 saturated carbocycles. The molecule has 0 unspecified atom stereocenters. The third-order valence-electron chi connectivity index (χ3n) is 6.37. The van der Waals surface area contributed by atoms with E-state index in [1.54, 1.807) is 44.2 Å². The highest BCUT2D eigenvalue weighted by atomic mass is 32.2. The Balaban J connectivity index is 1.39. The molecule has 9 nitrogen and oxygen atoms in total. The topological polar surface area (TPSA) is 105 Å². The lowest BCUT2D eigenvalue weighted by molar-refractivity contribution is -0.124. The zero-order valence-corrected chi connectivity index (χ0v) is 19.3. The highest BCUT2D eigenvalue weighted by molar-refractivity contribution is 7.89. The van der Waals surface area contributed by atoms with Gasteiger partial charge in [0.25, 0.3) is 0 Å². The number of anilines is 2. The second kappa shape index (κ2) is 7.74. The summed E-state index contributed by atoms with van der Waals surface area (Å²) in [4.78, 5) is 27.5. The van der Waals surface area contributed by atoms with Crippen molar-refractivity contribution < 1.29 is 27.5 Å². The van der Waals surface area contributed by atoms with Gasteiger partial charge in [-0.05, 0) is 62.6 Å². The molecule has 10 heteroatoms. The number of nitrogens with one attached hydrogen (secondary N) is 1. The molecule has 0 spiro atoms. The molecule has 3 aliphatic heterocycles. The maximum absolute atomic E-state index is 13.2. The van der Waals surface area contributed by atoms with Gasteiger partial charge in [0.2, 0.25) is 28.6 Å². The Bertz CT molecular complexity index is 1250. The number of amides is 2. The third kappa shape index (κ3) is 3.63. The normalized spacial score (nSPS) is 19.1. The van der Waals surface area contributed by atoms with Gasteiger partial charge in [-0.1, -0.05) is 0 Å². The van der Waals surface area contributed by atoms with E-state index in [0.29, 0.717) is 41.5 Å². The van der Waals surface area contributed by atoms with Crippen LogP contribution in [0.2, 0.25) is 0 Å². The molecule has 5 rings (SSSR count). The summed E-state index contributed by atoms with van der Waals surface area (Å²) in [6.45, 7) is 4.45. The second-order valence-electron chi connectivity index (χ2n) is 8.92. The number of ether oxygens (including phenoxy) is 2. The molecule has 1 N–H and O–H groups in total. The van der Waals surface area contributed by atoms with Crippen molar-refractivity contribution in [3.8, 4) is 11.5 Å². The lowest BCUT2D eigenvalue weighted by atomic mass is 9.86. The number of fused-ring (bicyclic) bond motifs is 2. The van der Waals surface area contributed by atoms with Crippen molar-refractivity contribution in [2.75, 3.05) is 36.6 Å². The van der Waals surface area contributed by atoms with E-state index in [1.807, 2.05) is 0 Å². The Kier molecular flexibility index (Phi) is 5.09. The van der Waals surface area contributed by atoms with Crippen LogP contribution in [-0.2, 0) is 25.0 Å². The first kappa shape index (κ1) is 21.7. The molecule has 1 fully saturated rings. The first-order valence-electron chi connectivity index (χ1n) is 10.8. The zero-order chi connectivity index (χ0) is 23.4. The number of sulfonamides is 1. The Morgan fingerprint density at radius 1 is 1.06 bits per heavy atom. The van der Waals surface area contributed by atoms with Gasteiger partial charge in [0.1, 0.15) is 6.54 Å². The van der Waals surface area contributed by atoms with E-state index in [4.69, 9.17) is 9.47 Å². The van der Waals surface area contributed by atoms with Crippen LogP contribution in [0.4, 0.5) is 11.4 Å². The highest BCUT2D eigenvalue weighted by Crippen LogP contribution is 2.43. The predicted octanol–water partition coefficient (Wildman–Crippen LogP) is 2.46.